The van der Waals surface area contributed by atoms with Crippen LogP contribution in [0.1, 0.15) is 11.1 Å². The molecule has 3 aromatic rings. The molecule has 0 bridgehead atoms. The van der Waals surface area contributed by atoms with Gasteiger partial charge in [-0.15, -0.1) is 0 Å². The number of furan rings is 1. The quantitative estimate of drug-likeness (QED) is 0.689. The fraction of sp³-hybridized carbons (Fsp3) is 0.200. The maximum Gasteiger partial charge on any atom is 0.310 e. The zero-order valence-corrected chi connectivity index (χ0v) is 14.3. The maximum atomic E-state index is 12.1. The van der Waals surface area contributed by atoms with Crippen molar-refractivity contribution in [3.8, 4) is 5.75 Å². The second kappa shape index (κ2) is 7.74. The van der Waals surface area contributed by atoms with Gasteiger partial charge in [-0.05, 0) is 17.7 Å². The Hall–Kier alpha value is -3.28. The second-order valence-electron chi connectivity index (χ2n) is 6.01. The third kappa shape index (κ3) is 4.22. The van der Waals surface area contributed by atoms with E-state index in [1.807, 2.05) is 30.3 Å². The molecule has 1 N–H and O–H groups in total. The molecule has 2 aromatic carbocycles. The molecule has 0 fully saturated rings. The number of nitrogens with zero attached hydrogens (tertiary/aromatic N) is 1. The van der Waals surface area contributed by atoms with Gasteiger partial charge in [0, 0.05) is 30.6 Å². The zero-order valence-electron chi connectivity index (χ0n) is 14.3. The predicted octanol–water partition coefficient (Wildman–Crippen LogP) is 2.88. The second-order valence-corrected chi connectivity index (χ2v) is 6.01. The molecule has 0 spiro atoms. The Kier molecular flexibility index (Phi) is 5.22. The van der Waals surface area contributed by atoms with Crippen molar-refractivity contribution in [3.05, 3.63) is 65.9 Å². The first-order chi connectivity index (χ1) is 12.5. The lowest BCUT2D eigenvalue weighted by Gasteiger charge is -2.17. The average molecular weight is 353 g/mol. The molecule has 134 valence electrons. The van der Waals surface area contributed by atoms with E-state index in [2.05, 4.69) is 0 Å². The van der Waals surface area contributed by atoms with Gasteiger partial charge in [0.2, 0.25) is 0 Å². The molecule has 0 saturated carbocycles. The molecule has 1 heterocycles. The molecule has 6 nitrogen and oxygen atoms in total. The molecule has 1 aromatic heterocycles. The highest BCUT2D eigenvalue weighted by Crippen LogP contribution is 2.25. The molecule has 0 aliphatic carbocycles. The number of hydrogen-bond acceptors (Lipinski definition) is 5. The maximum absolute atomic E-state index is 12.1. The van der Waals surface area contributed by atoms with Gasteiger partial charge in [0.1, 0.15) is 11.3 Å². The van der Waals surface area contributed by atoms with Crippen molar-refractivity contribution in [1.29, 1.82) is 0 Å². The number of rotatable bonds is 6. The number of ether oxygens (including phenoxy) is 1. The highest BCUT2D eigenvalue weighted by Gasteiger charge is 2.15. The molecular weight excluding hydrogens is 334 g/mol. The number of benzene rings is 2. The van der Waals surface area contributed by atoms with E-state index in [0.29, 0.717) is 17.7 Å². The Morgan fingerprint density at radius 1 is 1.15 bits per heavy atom. The Morgan fingerprint density at radius 2 is 1.92 bits per heavy atom. The van der Waals surface area contributed by atoms with Gasteiger partial charge in [-0.25, -0.2) is 0 Å². The smallest absolute Gasteiger partial charge is 0.310 e. The molecule has 0 aliphatic heterocycles. The van der Waals surface area contributed by atoms with Gasteiger partial charge in [0.05, 0.1) is 12.7 Å². The SMILES string of the molecule is CN(Cc1ccccc1)C(=O)COC(=O)Cc1coc2cc(O)ccc12. The fourth-order valence-electron chi connectivity index (χ4n) is 2.61. The lowest BCUT2D eigenvalue weighted by atomic mass is 10.1. The monoisotopic (exact) mass is 353 g/mol. The van der Waals surface area contributed by atoms with E-state index >= 15 is 0 Å². The molecule has 0 radical (unpaired) electrons. The van der Waals surface area contributed by atoms with Crippen LogP contribution < -0.4 is 0 Å². The molecule has 0 unspecified atom stereocenters. The number of hydrogen-bond donors (Lipinski definition) is 1. The third-order valence-corrected chi connectivity index (χ3v) is 4.02. The van der Waals surface area contributed by atoms with E-state index in [4.69, 9.17) is 9.15 Å². The normalized spacial score (nSPS) is 10.7. The highest BCUT2D eigenvalue weighted by molar-refractivity contribution is 5.87. The minimum Gasteiger partial charge on any atom is -0.508 e. The van der Waals surface area contributed by atoms with E-state index in [1.165, 1.54) is 23.3 Å². The van der Waals surface area contributed by atoms with Crippen LogP contribution in [-0.2, 0) is 27.3 Å². The number of amides is 1. The van der Waals surface area contributed by atoms with Crippen LogP contribution in [0.4, 0.5) is 0 Å². The van der Waals surface area contributed by atoms with E-state index in [-0.39, 0.29) is 24.7 Å². The first kappa shape index (κ1) is 17.5. The summed E-state index contributed by atoms with van der Waals surface area (Å²) in [5, 5.41) is 10.2. The summed E-state index contributed by atoms with van der Waals surface area (Å²) in [6.07, 6.45) is 1.45. The third-order valence-electron chi connectivity index (χ3n) is 4.02. The number of carbonyl (C=O) groups excluding carboxylic acids is 2. The Morgan fingerprint density at radius 3 is 2.69 bits per heavy atom. The summed E-state index contributed by atoms with van der Waals surface area (Å²) in [6.45, 7) is 0.145. The summed E-state index contributed by atoms with van der Waals surface area (Å²) < 4.78 is 10.4. The number of fused-ring (bicyclic) bond motifs is 1. The van der Waals surface area contributed by atoms with Gasteiger partial charge in [0.25, 0.3) is 5.91 Å². The number of esters is 1. The van der Waals surface area contributed by atoms with Crippen molar-refractivity contribution in [2.45, 2.75) is 13.0 Å². The van der Waals surface area contributed by atoms with Crippen molar-refractivity contribution in [1.82, 2.24) is 4.90 Å². The van der Waals surface area contributed by atoms with Crippen molar-refractivity contribution in [2.24, 2.45) is 0 Å². The standard InChI is InChI=1S/C20H19NO5/c1-21(11-14-5-3-2-4-6-14)19(23)13-26-20(24)9-15-12-25-18-10-16(22)7-8-17(15)18/h2-8,10,12,22H,9,11,13H2,1H3. The first-order valence-electron chi connectivity index (χ1n) is 8.15. The van der Waals surface area contributed by atoms with Gasteiger partial charge in [-0.1, -0.05) is 30.3 Å². The minimum atomic E-state index is -0.512. The molecule has 0 atom stereocenters. The summed E-state index contributed by atoms with van der Waals surface area (Å²) in [4.78, 5) is 25.6. The van der Waals surface area contributed by atoms with Crippen molar-refractivity contribution >= 4 is 22.8 Å². The summed E-state index contributed by atoms with van der Waals surface area (Å²) in [6, 6.07) is 14.3. The molecule has 3 rings (SSSR count). The van der Waals surface area contributed by atoms with Crippen LogP contribution in [-0.4, -0.2) is 35.5 Å². The number of phenolic OH excluding ortho intramolecular Hbond substituents is 1. The molecule has 0 saturated heterocycles. The summed E-state index contributed by atoms with van der Waals surface area (Å²) >= 11 is 0. The topological polar surface area (TPSA) is 80.0 Å². The van der Waals surface area contributed by atoms with Crippen LogP contribution in [0.2, 0.25) is 0 Å². The fourth-order valence-corrected chi connectivity index (χ4v) is 2.61. The van der Waals surface area contributed by atoms with Gasteiger partial charge >= 0.3 is 5.97 Å². The van der Waals surface area contributed by atoms with Crippen LogP contribution in [0.15, 0.2) is 59.2 Å². The Bertz CT molecular complexity index is 916. The van der Waals surface area contributed by atoms with Gasteiger partial charge in [-0.3, -0.25) is 9.59 Å². The molecule has 1 amide bonds. The summed E-state index contributed by atoms with van der Waals surface area (Å²) in [5.41, 5.74) is 2.14. The van der Waals surface area contributed by atoms with Crippen LogP contribution in [0, 0.1) is 0 Å². The van der Waals surface area contributed by atoms with Crippen molar-refractivity contribution in [2.75, 3.05) is 13.7 Å². The van der Waals surface area contributed by atoms with Crippen LogP contribution in [0.25, 0.3) is 11.0 Å². The largest absolute Gasteiger partial charge is 0.508 e. The van der Waals surface area contributed by atoms with Crippen LogP contribution in [0.3, 0.4) is 0 Å². The van der Waals surface area contributed by atoms with Gasteiger partial charge in [0.15, 0.2) is 6.61 Å². The lowest BCUT2D eigenvalue weighted by molar-refractivity contribution is -0.151. The Labute approximate surface area is 150 Å². The van der Waals surface area contributed by atoms with Gasteiger partial charge in [-0.2, -0.15) is 0 Å². The summed E-state index contributed by atoms with van der Waals surface area (Å²) in [5.74, 6) is -0.695. The predicted molar refractivity (Wildman–Crippen MR) is 95.5 cm³/mol. The van der Waals surface area contributed by atoms with Crippen molar-refractivity contribution in [3.63, 3.8) is 0 Å². The lowest BCUT2D eigenvalue weighted by Crippen LogP contribution is -2.31. The molecule has 0 aliphatic rings. The van der Waals surface area contributed by atoms with E-state index in [9.17, 15) is 14.7 Å². The number of likely N-dealkylation sites (N-methyl/N-ethyl adjacent to an activating group) is 1. The van der Waals surface area contributed by atoms with Gasteiger partial charge < -0.3 is 19.2 Å². The highest BCUT2D eigenvalue weighted by atomic mass is 16.5. The molecule has 26 heavy (non-hydrogen) atoms. The molecule has 6 heteroatoms. The minimum absolute atomic E-state index is 0.00649. The Balaban J connectivity index is 1.52. The van der Waals surface area contributed by atoms with Crippen LogP contribution in [0.5, 0.6) is 5.75 Å². The molecular formula is C20H19NO5. The summed E-state index contributed by atoms with van der Waals surface area (Å²) in [7, 11) is 1.67. The zero-order chi connectivity index (χ0) is 18.5. The van der Waals surface area contributed by atoms with E-state index in [0.717, 1.165) is 10.9 Å². The van der Waals surface area contributed by atoms with E-state index < -0.39 is 5.97 Å². The van der Waals surface area contributed by atoms with Crippen LogP contribution >= 0.6 is 0 Å². The average Bonchev–Trinajstić information content (AvgIpc) is 3.02. The number of phenols is 1. The number of aromatic hydroxyl groups is 1. The van der Waals surface area contributed by atoms with E-state index in [1.54, 1.807) is 13.1 Å². The van der Waals surface area contributed by atoms with Crippen molar-refractivity contribution < 1.29 is 23.8 Å². The first-order valence-corrected chi connectivity index (χ1v) is 8.15. The number of carbonyl (C=O) groups is 2.